The fourth-order valence-electron chi connectivity index (χ4n) is 7.58. The third kappa shape index (κ3) is 8.89. The Kier molecular flexibility index (Phi) is 11.7. The van der Waals surface area contributed by atoms with Crippen molar-refractivity contribution >= 4 is 23.2 Å². The normalized spacial score (nSPS) is 17.6. The maximum atomic E-state index is 14.5. The second kappa shape index (κ2) is 17.2. The molecule has 1 saturated carbocycles. The predicted octanol–water partition coefficient (Wildman–Crippen LogP) is 6.94. The van der Waals surface area contributed by atoms with Crippen LogP contribution in [-0.4, -0.2) is 68.3 Å². The van der Waals surface area contributed by atoms with E-state index in [4.69, 9.17) is 9.47 Å². The van der Waals surface area contributed by atoms with Gasteiger partial charge in [0.1, 0.15) is 12.4 Å². The molecule has 1 N–H and O–H groups in total. The number of amides is 2. The monoisotopic (exact) mass is 760 g/mol. The molecule has 290 valence electrons. The van der Waals surface area contributed by atoms with E-state index < -0.39 is 29.2 Å². The molecule has 2 fully saturated rings. The van der Waals surface area contributed by atoms with Crippen LogP contribution in [0.5, 0.6) is 0 Å². The summed E-state index contributed by atoms with van der Waals surface area (Å²) in [7, 11) is 0. The van der Waals surface area contributed by atoms with Crippen molar-refractivity contribution in [2.45, 2.75) is 64.3 Å². The fraction of sp³-hybridized carbons (Fsp3) is 0.326. The lowest BCUT2D eigenvalue weighted by Crippen LogP contribution is -2.45. The number of hydrogen-bond donors (Lipinski definition) is 1. The fourth-order valence-corrected chi connectivity index (χ4v) is 7.58. The number of pyridine rings is 1. The molecule has 7 rings (SSSR count). The van der Waals surface area contributed by atoms with E-state index >= 15 is 0 Å². The van der Waals surface area contributed by atoms with Crippen molar-refractivity contribution in [3.63, 3.8) is 0 Å². The molecule has 0 spiro atoms. The number of nitrogens with zero attached hydrogens (tertiary/aromatic N) is 5. The van der Waals surface area contributed by atoms with Crippen LogP contribution in [0.15, 0.2) is 113 Å². The van der Waals surface area contributed by atoms with E-state index in [1.54, 1.807) is 17.9 Å². The van der Waals surface area contributed by atoms with Gasteiger partial charge in [0.15, 0.2) is 5.65 Å². The van der Waals surface area contributed by atoms with Crippen LogP contribution in [-0.2, 0) is 22.6 Å². The van der Waals surface area contributed by atoms with Crippen molar-refractivity contribution in [1.29, 1.82) is 0 Å². The number of hydrogen-bond acceptors (Lipinski definition) is 8. The molecule has 3 heterocycles. The summed E-state index contributed by atoms with van der Waals surface area (Å²) in [6, 6.07) is 25.8. The largest absolute Gasteiger partial charge is 0.445 e. The summed E-state index contributed by atoms with van der Waals surface area (Å²) in [4.78, 5) is 61.3. The molecule has 56 heavy (non-hydrogen) atoms. The number of nitrogens with one attached hydrogen (secondary N) is 1. The Bertz CT molecular complexity index is 2340. The van der Waals surface area contributed by atoms with E-state index in [1.807, 2.05) is 60.7 Å². The van der Waals surface area contributed by atoms with E-state index in [2.05, 4.69) is 33.9 Å². The summed E-state index contributed by atoms with van der Waals surface area (Å²) in [5, 5.41) is 2.82. The predicted molar refractivity (Wildman–Crippen MR) is 211 cm³/mol. The Balaban J connectivity index is 1.06. The van der Waals surface area contributed by atoms with Gasteiger partial charge in [0.2, 0.25) is 0 Å². The van der Waals surface area contributed by atoms with Gasteiger partial charge in [-0.15, -0.1) is 0 Å². The first kappa shape index (κ1) is 38.2. The highest BCUT2D eigenvalue weighted by atomic mass is 19.1. The third-order valence-electron chi connectivity index (χ3n) is 10.4. The molecule has 0 bridgehead atoms. The number of ether oxygens (including phenoxy) is 2. The van der Waals surface area contributed by atoms with Crippen molar-refractivity contribution in [3.8, 4) is 16.8 Å². The molecule has 2 amide bonds. The summed E-state index contributed by atoms with van der Waals surface area (Å²) in [6.45, 7) is 8.98. The summed E-state index contributed by atoms with van der Waals surface area (Å²) >= 11 is 0. The molecular weight excluding hydrogens is 716 g/mol. The van der Waals surface area contributed by atoms with Crippen LogP contribution < -0.4 is 16.6 Å². The molecule has 3 aromatic carbocycles. The van der Waals surface area contributed by atoms with Gasteiger partial charge in [-0.25, -0.2) is 28.3 Å². The summed E-state index contributed by atoms with van der Waals surface area (Å²) in [5.74, 6) is -0.401. The Morgan fingerprint density at radius 1 is 0.875 bits per heavy atom. The van der Waals surface area contributed by atoms with E-state index in [0.29, 0.717) is 44.5 Å². The Morgan fingerprint density at radius 3 is 2.39 bits per heavy atom. The number of carbonyl (C=O) groups excluding carboxylic acids is 2. The number of allylic oxidation sites excluding steroid dienone is 1. The number of alkyl carbamates (subject to hydrolysis) is 1. The Hall–Kier alpha value is -6.08. The van der Waals surface area contributed by atoms with Gasteiger partial charge in [-0.05, 0) is 79.5 Å². The van der Waals surface area contributed by atoms with Crippen molar-refractivity contribution in [3.05, 3.63) is 141 Å². The van der Waals surface area contributed by atoms with Gasteiger partial charge < -0.3 is 19.7 Å². The van der Waals surface area contributed by atoms with Gasteiger partial charge >= 0.3 is 17.9 Å². The zero-order chi connectivity index (χ0) is 39.2. The zero-order valence-electron chi connectivity index (χ0n) is 31.4. The minimum atomic E-state index is -0.678. The van der Waals surface area contributed by atoms with Gasteiger partial charge in [0.25, 0.3) is 5.56 Å². The van der Waals surface area contributed by atoms with Gasteiger partial charge in [-0.2, -0.15) is 0 Å². The second-order valence-electron chi connectivity index (χ2n) is 14.5. The van der Waals surface area contributed by atoms with E-state index in [-0.39, 0.29) is 35.5 Å². The SMILES string of the molecule is C=C(C)OC(=O)NC1CCC(n2c(=O)c3cc(F)cnc3n(-c3cccc(-c4ccc(CN5CCCN(C(=O)OCc6ccccc6)CC5)cc4)c3)c2=O)CC1. The van der Waals surface area contributed by atoms with Crippen LogP contribution in [0.3, 0.4) is 0 Å². The highest BCUT2D eigenvalue weighted by Crippen LogP contribution is 2.29. The van der Waals surface area contributed by atoms with E-state index in [1.165, 1.54) is 9.13 Å². The quantitative estimate of drug-likeness (QED) is 0.160. The Morgan fingerprint density at radius 2 is 1.64 bits per heavy atom. The van der Waals surface area contributed by atoms with Crippen LogP contribution in [0.25, 0.3) is 27.8 Å². The Labute approximate surface area is 323 Å². The molecule has 13 heteroatoms. The first-order valence-corrected chi connectivity index (χ1v) is 19.0. The van der Waals surface area contributed by atoms with Crippen molar-refractivity contribution < 1.29 is 23.5 Å². The van der Waals surface area contributed by atoms with Crippen LogP contribution in [0.2, 0.25) is 0 Å². The lowest BCUT2D eigenvalue weighted by Gasteiger charge is -2.30. The minimum absolute atomic E-state index is 0.00495. The number of halogens is 1. The van der Waals surface area contributed by atoms with Gasteiger partial charge in [-0.1, -0.05) is 73.3 Å². The molecule has 1 aliphatic carbocycles. The topological polar surface area (TPSA) is 128 Å². The average molecular weight is 761 g/mol. The van der Waals surface area contributed by atoms with Gasteiger partial charge in [0.05, 0.1) is 23.0 Å². The first-order chi connectivity index (χ1) is 27.1. The number of rotatable bonds is 9. The smallest absolute Gasteiger partial charge is 0.412 e. The lowest BCUT2D eigenvalue weighted by molar-refractivity contribution is 0.0972. The molecule has 5 aromatic rings. The molecule has 12 nitrogen and oxygen atoms in total. The standard InChI is InChI=1S/C43H45FN6O6/c1-29(2)56-41(52)46-35-16-18-36(19-17-35)50-40(51)38-25-34(44)26-45-39(38)49(42(50)53)37-11-6-10-33(24-37)32-14-12-30(13-15-32)27-47-20-7-21-48(23-22-47)43(54)55-28-31-8-4-3-5-9-31/h3-6,8-15,24-26,35-36H,1,7,16-23,27-28H2,2H3,(H,46,52). The van der Waals surface area contributed by atoms with Crippen molar-refractivity contribution in [2.75, 3.05) is 26.2 Å². The first-order valence-electron chi connectivity index (χ1n) is 19.0. The van der Waals surface area contributed by atoms with Crippen LogP contribution >= 0.6 is 0 Å². The molecule has 0 unspecified atom stereocenters. The molecular formula is C43H45FN6O6. The number of benzene rings is 3. The third-order valence-corrected chi connectivity index (χ3v) is 10.4. The number of fused-ring (bicyclic) bond motifs is 1. The van der Waals surface area contributed by atoms with Crippen molar-refractivity contribution in [2.24, 2.45) is 0 Å². The van der Waals surface area contributed by atoms with Gasteiger partial charge in [-0.3, -0.25) is 14.3 Å². The minimum Gasteiger partial charge on any atom is -0.445 e. The van der Waals surface area contributed by atoms with E-state index in [0.717, 1.165) is 60.6 Å². The number of aromatic nitrogens is 3. The highest BCUT2D eigenvalue weighted by Gasteiger charge is 2.28. The van der Waals surface area contributed by atoms with Crippen LogP contribution in [0.1, 0.15) is 56.2 Å². The molecule has 1 saturated heterocycles. The number of carbonyl (C=O) groups is 2. The average Bonchev–Trinajstić information content (AvgIpc) is 3.44. The molecule has 0 atom stereocenters. The molecule has 1 aliphatic heterocycles. The van der Waals surface area contributed by atoms with Crippen molar-refractivity contribution in [1.82, 2.24) is 29.2 Å². The summed E-state index contributed by atoms with van der Waals surface area (Å²) < 4.78 is 27.7. The highest BCUT2D eigenvalue weighted by molar-refractivity contribution is 5.76. The van der Waals surface area contributed by atoms with Crippen LogP contribution in [0.4, 0.5) is 14.0 Å². The second-order valence-corrected chi connectivity index (χ2v) is 14.5. The maximum Gasteiger partial charge on any atom is 0.412 e. The van der Waals surface area contributed by atoms with Crippen LogP contribution in [0, 0.1) is 5.82 Å². The molecule has 0 radical (unpaired) electrons. The van der Waals surface area contributed by atoms with Gasteiger partial charge in [0, 0.05) is 44.8 Å². The maximum absolute atomic E-state index is 14.5. The van der Waals surface area contributed by atoms with E-state index in [9.17, 15) is 23.6 Å². The molecule has 2 aliphatic rings. The lowest BCUT2D eigenvalue weighted by atomic mass is 9.91. The summed E-state index contributed by atoms with van der Waals surface area (Å²) in [6.07, 6.45) is 2.91. The zero-order valence-corrected chi connectivity index (χ0v) is 31.4. The molecule has 2 aromatic heterocycles. The summed E-state index contributed by atoms with van der Waals surface area (Å²) in [5.41, 5.74) is 3.27.